The average molecular weight is 281 g/mol. The maximum atomic E-state index is 12.6. The number of hydrogen-bond acceptors (Lipinski definition) is 4. The van der Waals surface area contributed by atoms with Crippen LogP contribution in [0.3, 0.4) is 0 Å². The molecule has 0 heterocycles. The molecule has 3 nitrogen and oxygen atoms in total. The molecule has 0 radical (unpaired) electrons. The SMILES string of the molecule is Nc1ccc(C(O)C(O)CCS)cc1C(F)(F)F. The van der Waals surface area contributed by atoms with Gasteiger partial charge in [0.15, 0.2) is 0 Å². The molecule has 1 aromatic carbocycles. The molecule has 102 valence electrons. The fourth-order valence-electron chi connectivity index (χ4n) is 1.52. The number of alkyl halides is 3. The van der Waals surface area contributed by atoms with Crippen LogP contribution in [0, 0.1) is 0 Å². The van der Waals surface area contributed by atoms with E-state index in [0.717, 1.165) is 12.1 Å². The summed E-state index contributed by atoms with van der Waals surface area (Å²) in [5.41, 5.74) is 3.78. The summed E-state index contributed by atoms with van der Waals surface area (Å²) in [6, 6.07) is 3.08. The summed E-state index contributed by atoms with van der Waals surface area (Å²) in [7, 11) is 0. The van der Waals surface area contributed by atoms with E-state index < -0.39 is 29.6 Å². The van der Waals surface area contributed by atoms with E-state index in [1.54, 1.807) is 0 Å². The van der Waals surface area contributed by atoms with Gasteiger partial charge in [-0.15, -0.1) is 0 Å². The number of hydrogen-bond donors (Lipinski definition) is 4. The van der Waals surface area contributed by atoms with Gasteiger partial charge in [-0.05, 0) is 29.9 Å². The van der Waals surface area contributed by atoms with E-state index in [0.29, 0.717) is 5.75 Å². The summed E-state index contributed by atoms with van der Waals surface area (Å²) < 4.78 is 37.8. The smallest absolute Gasteiger partial charge is 0.398 e. The first-order chi connectivity index (χ1) is 8.27. The molecule has 18 heavy (non-hydrogen) atoms. The van der Waals surface area contributed by atoms with Crippen LogP contribution >= 0.6 is 12.6 Å². The number of nitrogens with two attached hydrogens (primary N) is 1. The summed E-state index contributed by atoms with van der Waals surface area (Å²) >= 11 is 3.88. The van der Waals surface area contributed by atoms with Crippen molar-refractivity contribution < 1.29 is 23.4 Å². The largest absolute Gasteiger partial charge is 0.418 e. The molecule has 0 spiro atoms. The van der Waals surface area contributed by atoms with Gasteiger partial charge >= 0.3 is 6.18 Å². The van der Waals surface area contributed by atoms with E-state index >= 15 is 0 Å². The van der Waals surface area contributed by atoms with Crippen molar-refractivity contribution in [3.8, 4) is 0 Å². The normalized spacial score (nSPS) is 15.4. The van der Waals surface area contributed by atoms with Crippen LogP contribution in [0.15, 0.2) is 18.2 Å². The summed E-state index contributed by atoms with van der Waals surface area (Å²) in [5.74, 6) is 0.319. The first-order valence-electron chi connectivity index (χ1n) is 5.21. The monoisotopic (exact) mass is 281 g/mol. The highest BCUT2D eigenvalue weighted by Gasteiger charge is 2.34. The first-order valence-corrected chi connectivity index (χ1v) is 5.84. The third kappa shape index (κ3) is 3.54. The van der Waals surface area contributed by atoms with Crippen molar-refractivity contribution in [2.75, 3.05) is 11.5 Å². The molecule has 0 aliphatic heterocycles. The van der Waals surface area contributed by atoms with Crippen LogP contribution < -0.4 is 5.73 Å². The average Bonchev–Trinajstić information content (AvgIpc) is 2.27. The van der Waals surface area contributed by atoms with Crippen LogP contribution in [0.1, 0.15) is 23.7 Å². The minimum Gasteiger partial charge on any atom is -0.398 e. The molecular formula is C11H14F3NO2S. The zero-order valence-electron chi connectivity index (χ0n) is 9.35. The van der Waals surface area contributed by atoms with Crippen LogP contribution in [0.5, 0.6) is 0 Å². The number of rotatable bonds is 4. The molecule has 1 aromatic rings. The summed E-state index contributed by atoms with van der Waals surface area (Å²) in [4.78, 5) is 0. The third-order valence-electron chi connectivity index (χ3n) is 2.51. The van der Waals surface area contributed by atoms with Crippen LogP contribution in [0.4, 0.5) is 18.9 Å². The Hall–Kier alpha value is -0.920. The van der Waals surface area contributed by atoms with Gasteiger partial charge in [0.2, 0.25) is 0 Å². The molecule has 0 saturated heterocycles. The van der Waals surface area contributed by atoms with Crippen LogP contribution in [0.2, 0.25) is 0 Å². The minimum atomic E-state index is -4.59. The van der Waals surface area contributed by atoms with Crippen molar-refractivity contribution >= 4 is 18.3 Å². The molecule has 0 amide bonds. The van der Waals surface area contributed by atoms with Gasteiger partial charge < -0.3 is 15.9 Å². The van der Waals surface area contributed by atoms with Gasteiger partial charge in [0.1, 0.15) is 6.10 Å². The van der Waals surface area contributed by atoms with Crippen molar-refractivity contribution in [2.24, 2.45) is 0 Å². The Morgan fingerprint density at radius 1 is 1.28 bits per heavy atom. The van der Waals surface area contributed by atoms with Crippen LogP contribution in [-0.4, -0.2) is 22.1 Å². The zero-order chi connectivity index (χ0) is 13.9. The van der Waals surface area contributed by atoms with E-state index in [2.05, 4.69) is 12.6 Å². The molecule has 0 aliphatic rings. The standard InChI is InChI=1S/C11H14F3NO2S/c12-11(13,14)7-5-6(1-2-8(7)15)10(17)9(16)3-4-18/h1-2,5,9-10,16-18H,3-4,15H2. The number of anilines is 1. The Morgan fingerprint density at radius 3 is 2.39 bits per heavy atom. The van der Waals surface area contributed by atoms with E-state index in [-0.39, 0.29) is 12.0 Å². The molecule has 7 heteroatoms. The number of nitrogen functional groups attached to an aromatic ring is 1. The van der Waals surface area contributed by atoms with E-state index in [9.17, 15) is 23.4 Å². The molecule has 0 aromatic heterocycles. The van der Waals surface area contributed by atoms with E-state index in [1.807, 2.05) is 0 Å². The van der Waals surface area contributed by atoms with Gasteiger partial charge in [0, 0.05) is 5.69 Å². The lowest BCUT2D eigenvalue weighted by molar-refractivity contribution is -0.137. The Bertz CT molecular complexity index is 412. The van der Waals surface area contributed by atoms with E-state index in [4.69, 9.17) is 5.73 Å². The van der Waals surface area contributed by atoms with Crippen molar-refractivity contribution in [3.63, 3.8) is 0 Å². The zero-order valence-corrected chi connectivity index (χ0v) is 10.2. The Labute approximate surface area is 108 Å². The second-order valence-electron chi connectivity index (χ2n) is 3.87. The highest BCUT2D eigenvalue weighted by Crippen LogP contribution is 2.35. The molecule has 0 bridgehead atoms. The maximum Gasteiger partial charge on any atom is 0.418 e. The maximum absolute atomic E-state index is 12.6. The second kappa shape index (κ2) is 5.81. The number of benzene rings is 1. The lowest BCUT2D eigenvalue weighted by Gasteiger charge is -2.19. The molecule has 1 rings (SSSR count). The van der Waals surface area contributed by atoms with Gasteiger partial charge in [0.05, 0.1) is 11.7 Å². The molecule has 0 saturated carbocycles. The summed E-state index contributed by atoms with van der Waals surface area (Å²) in [5, 5.41) is 19.2. The van der Waals surface area contributed by atoms with Gasteiger partial charge in [0.25, 0.3) is 0 Å². The molecule has 0 fully saturated rings. The van der Waals surface area contributed by atoms with Gasteiger partial charge in [-0.1, -0.05) is 6.07 Å². The van der Waals surface area contributed by atoms with Gasteiger partial charge in [-0.2, -0.15) is 25.8 Å². The minimum absolute atomic E-state index is 0.0224. The molecule has 2 unspecified atom stereocenters. The van der Waals surface area contributed by atoms with Crippen molar-refractivity contribution in [3.05, 3.63) is 29.3 Å². The lowest BCUT2D eigenvalue weighted by Crippen LogP contribution is -2.19. The fraction of sp³-hybridized carbons (Fsp3) is 0.455. The third-order valence-corrected chi connectivity index (χ3v) is 2.77. The Morgan fingerprint density at radius 2 is 1.89 bits per heavy atom. The number of aliphatic hydroxyl groups excluding tert-OH is 2. The van der Waals surface area contributed by atoms with E-state index in [1.165, 1.54) is 6.07 Å². The predicted octanol–water partition coefficient (Wildman–Crippen LogP) is 2.00. The topological polar surface area (TPSA) is 66.5 Å². The van der Waals surface area contributed by atoms with Crippen LogP contribution in [0.25, 0.3) is 0 Å². The van der Waals surface area contributed by atoms with Crippen LogP contribution in [-0.2, 0) is 6.18 Å². The summed E-state index contributed by atoms with van der Waals surface area (Å²) in [6.45, 7) is 0. The van der Waals surface area contributed by atoms with Gasteiger partial charge in [-0.25, -0.2) is 0 Å². The Balaban J connectivity index is 3.05. The fourth-order valence-corrected chi connectivity index (χ4v) is 1.78. The number of halogens is 3. The molecule has 4 N–H and O–H groups in total. The van der Waals surface area contributed by atoms with Crippen molar-refractivity contribution in [1.29, 1.82) is 0 Å². The van der Waals surface area contributed by atoms with Gasteiger partial charge in [-0.3, -0.25) is 0 Å². The quantitative estimate of drug-likeness (QED) is 0.504. The molecule has 0 aliphatic carbocycles. The second-order valence-corrected chi connectivity index (χ2v) is 4.32. The van der Waals surface area contributed by atoms with Crippen molar-refractivity contribution in [1.82, 2.24) is 0 Å². The summed E-state index contributed by atoms with van der Waals surface area (Å²) in [6.07, 6.45) is -6.96. The number of aliphatic hydroxyl groups is 2. The predicted molar refractivity (Wildman–Crippen MR) is 65.3 cm³/mol. The lowest BCUT2D eigenvalue weighted by atomic mass is 9.99. The Kier molecular flexibility index (Phi) is 4.89. The van der Waals surface area contributed by atoms with Crippen molar-refractivity contribution in [2.45, 2.75) is 24.8 Å². The molecule has 2 atom stereocenters. The molecular weight excluding hydrogens is 267 g/mol. The first kappa shape index (κ1) is 15.1. The highest BCUT2D eigenvalue weighted by molar-refractivity contribution is 7.80. The number of thiol groups is 1. The highest BCUT2D eigenvalue weighted by atomic mass is 32.1.